The molecule has 7 heteroatoms. The topological polar surface area (TPSA) is 102 Å². The smallest absolute Gasteiger partial charge is 0.255 e. The minimum atomic E-state index is -0.285. The highest BCUT2D eigenvalue weighted by atomic mass is 16.3. The van der Waals surface area contributed by atoms with Gasteiger partial charge >= 0.3 is 0 Å². The predicted molar refractivity (Wildman–Crippen MR) is 122 cm³/mol. The van der Waals surface area contributed by atoms with E-state index in [1.807, 2.05) is 48.5 Å². The van der Waals surface area contributed by atoms with Crippen LogP contribution in [-0.4, -0.2) is 30.1 Å². The first-order chi connectivity index (χ1) is 15.2. The molecule has 1 heterocycles. The van der Waals surface area contributed by atoms with Crippen LogP contribution in [0.1, 0.15) is 32.7 Å². The van der Waals surface area contributed by atoms with Crippen molar-refractivity contribution in [3.05, 3.63) is 83.4 Å². The third-order valence-corrected chi connectivity index (χ3v) is 5.08. The summed E-state index contributed by atoms with van der Waals surface area (Å²) in [5, 5.41) is 21.1. The maximum atomic E-state index is 12.8. The van der Waals surface area contributed by atoms with E-state index in [0.717, 1.165) is 22.6 Å². The zero-order valence-electron chi connectivity index (χ0n) is 16.9. The van der Waals surface area contributed by atoms with Crippen LogP contribution in [-0.2, 0) is 6.54 Å². The molecule has 2 amide bonds. The number of aliphatic hydroxyl groups excluding tert-OH is 1. The average Bonchev–Trinajstić information content (AvgIpc) is 3.19. The van der Waals surface area contributed by atoms with E-state index in [1.54, 1.807) is 18.2 Å². The Kier molecular flexibility index (Phi) is 6.14. The minimum absolute atomic E-state index is 0.130. The Hall–Kier alpha value is -3.84. The number of hydrogen-bond acceptors (Lipinski definition) is 5. The lowest BCUT2D eigenvalue weighted by molar-refractivity contribution is 0.0966. The molecule has 7 nitrogen and oxygen atoms in total. The van der Waals surface area contributed by atoms with Crippen molar-refractivity contribution in [2.75, 3.05) is 29.1 Å². The molecule has 4 rings (SSSR count). The lowest BCUT2D eigenvalue weighted by Gasteiger charge is -2.14. The van der Waals surface area contributed by atoms with Crippen molar-refractivity contribution in [3.63, 3.8) is 0 Å². The number of amides is 2. The normalized spacial score (nSPS) is 12.1. The molecular weight excluding hydrogens is 392 g/mol. The Morgan fingerprint density at radius 3 is 2.42 bits per heavy atom. The van der Waals surface area contributed by atoms with Crippen LogP contribution in [0, 0.1) is 0 Å². The Balaban J connectivity index is 1.51. The quantitative estimate of drug-likeness (QED) is 0.360. The van der Waals surface area contributed by atoms with E-state index in [-0.39, 0.29) is 18.4 Å². The summed E-state index contributed by atoms with van der Waals surface area (Å²) in [6.45, 7) is 1.19. The number of fused-ring (bicyclic) bond motifs is 1. The van der Waals surface area contributed by atoms with Gasteiger partial charge in [0, 0.05) is 47.9 Å². The fourth-order valence-electron chi connectivity index (χ4n) is 3.49. The second kappa shape index (κ2) is 9.32. The van der Waals surface area contributed by atoms with Crippen molar-refractivity contribution >= 4 is 34.6 Å². The number of anilines is 4. The van der Waals surface area contributed by atoms with Crippen molar-refractivity contribution in [1.29, 1.82) is 0 Å². The fourth-order valence-corrected chi connectivity index (χ4v) is 3.49. The molecule has 0 unspecified atom stereocenters. The largest absolute Gasteiger partial charge is 0.396 e. The van der Waals surface area contributed by atoms with Crippen LogP contribution in [0.4, 0.5) is 22.7 Å². The van der Waals surface area contributed by atoms with Crippen LogP contribution in [0.15, 0.2) is 66.7 Å². The third-order valence-electron chi connectivity index (χ3n) is 5.08. The zero-order chi connectivity index (χ0) is 21.6. The van der Waals surface area contributed by atoms with Gasteiger partial charge in [-0.1, -0.05) is 18.2 Å². The van der Waals surface area contributed by atoms with Gasteiger partial charge in [-0.3, -0.25) is 9.59 Å². The van der Waals surface area contributed by atoms with Crippen molar-refractivity contribution in [1.82, 2.24) is 5.32 Å². The number of rotatable bonds is 8. The average molecular weight is 416 g/mol. The number of aliphatic hydroxyl groups is 1. The van der Waals surface area contributed by atoms with Gasteiger partial charge in [-0.15, -0.1) is 0 Å². The molecule has 31 heavy (non-hydrogen) atoms. The summed E-state index contributed by atoms with van der Waals surface area (Å²) in [7, 11) is 0. The van der Waals surface area contributed by atoms with Crippen LogP contribution in [0.3, 0.4) is 0 Å². The summed E-state index contributed by atoms with van der Waals surface area (Å²) in [5.41, 5.74) is 4.92. The van der Waals surface area contributed by atoms with Gasteiger partial charge in [0.2, 0.25) is 0 Å². The molecule has 5 N–H and O–H groups in total. The molecule has 0 radical (unpaired) electrons. The molecule has 1 aliphatic rings. The Bertz CT molecular complexity index is 1080. The first-order valence-corrected chi connectivity index (χ1v) is 10.2. The summed E-state index contributed by atoms with van der Waals surface area (Å²) < 4.78 is 0. The lowest BCUT2D eigenvalue weighted by atomic mass is 10.0. The number of benzene rings is 3. The molecule has 0 bridgehead atoms. The summed E-state index contributed by atoms with van der Waals surface area (Å²) in [6.07, 6.45) is 0.657. The van der Waals surface area contributed by atoms with E-state index >= 15 is 0 Å². The van der Waals surface area contributed by atoms with E-state index < -0.39 is 0 Å². The molecular formula is C24H24N4O3. The highest BCUT2D eigenvalue weighted by Crippen LogP contribution is 2.33. The van der Waals surface area contributed by atoms with Crippen LogP contribution < -0.4 is 21.3 Å². The molecule has 0 aliphatic carbocycles. The van der Waals surface area contributed by atoms with Crippen molar-refractivity contribution in [2.45, 2.75) is 13.0 Å². The summed E-state index contributed by atoms with van der Waals surface area (Å²) in [6, 6.07) is 20.4. The Labute approximate surface area is 180 Å². The van der Waals surface area contributed by atoms with Gasteiger partial charge in [-0.05, 0) is 55.0 Å². The Morgan fingerprint density at radius 1 is 0.935 bits per heavy atom. The SMILES string of the molecule is O=C(Nc1ccc(Nc2ccccc2)c2c1C(=O)NC2)c1ccc(NCCCO)cc1. The van der Waals surface area contributed by atoms with Crippen molar-refractivity contribution < 1.29 is 14.7 Å². The summed E-state index contributed by atoms with van der Waals surface area (Å²) in [5.74, 6) is -0.488. The molecule has 0 aromatic heterocycles. The van der Waals surface area contributed by atoms with Crippen LogP contribution in [0.5, 0.6) is 0 Å². The van der Waals surface area contributed by atoms with E-state index in [4.69, 9.17) is 5.11 Å². The van der Waals surface area contributed by atoms with Gasteiger partial charge in [0.15, 0.2) is 0 Å². The molecule has 1 aliphatic heterocycles. The lowest BCUT2D eigenvalue weighted by Crippen LogP contribution is -2.17. The van der Waals surface area contributed by atoms with Gasteiger partial charge < -0.3 is 26.4 Å². The second-order valence-electron chi connectivity index (χ2n) is 7.22. The van der Waals surface area contributed by atoms with E-state index in [9.17, 15) is 9.59 Å². The summed E-state index contributed by atoms with van der Waals surface area (Å²) >= 11 is 0. The molecule has 0 saturated heterocycles. The molecule has 3 aromatic carbocycles. The van der Waals surface area contributed by atoms with Crippen molar-refractivity contribution in [2.24, 2.45) is 0 Å². The molecule has 0 fully saturated rings. The molecule has 3 aromatic rings. The third kappa shape index (κ3) is 4.67. The number of carbonyl (C=O) groups excluding carboxylic acids is 2. The molecule has 0 saturated carbocycles. The number of carbonyl (C=O) groups is 2. The Morgan fingerprint density at radius 2 is 1.68 bits per heavy atom. The first-order valence-electron chi connectivity index (χ1n) is 10.2. The number of nitrogens with one attached hydrogen (secondary N) is 4. The molecule has 158 valence electrons. The van der Waals surface area contributed by atoms with Gasteiger partial charge in [-0.25, -0.2) is 0 Å². The number of para-hydroxylation sites is 1. The van der Waals surface area contributed by atoms with Crippen LogP contribution >= 0.6 is 0 Å². The fraction of sp³-hybridized carbons (Fsp3) is 0.167. The van der Waals surface area contributed by atoms with E-state index in [2.05, 4.69) is 21.3 Å². The maximum absolute atomic E-state index is 12.8. The van der Waals surface area contributed by atoms with Gasteiger partial charge in [0.25, 0.3) is 11.8 Å². The monoisotopic (exact) mass is 416 g/mol. The first kappa shape index (κ1) is 20.4. The van der Waals surface area contributed by atoms with Gasteiger partial charge in [0.05, 0.1) is 11.3 Å². The van der Waals surface area contributed by atoms with Crippen LogP contribution in [0.25, 0.3) is 0 Å². The standard InChI is InChI=1S/C24H24N4O3/c29-14-4-13-25-17-9-7-16(8-10-17)23(30)28-21-12-11-20(19-15-26-24(31)22(19)21)27-18-5-2-1-3-6-18/h1-3,5-12,25,27,29H,4,13-15H2,(H,26,31)(H,28,30). The molecule has 0 spiro atoms. The van der Waals surface area contributed by atoms with Crippen molar-refractivity contribution in [3.8, 4) is 0 Å². The highest BCUT2D eigenvalue weighted by Gasteiger charge is 2.26. The number of hydrogen-bond donors (Lipinski definition) is 5. The molecule has 0 atom stereocenters. The van der Waals surface area contributed by atoms with Gasteiger partial charge in [0.1, 0.15) is 0 Å². The van der Waals surface area contributed by atoms with Gasteiger partial charge in [-0.2, -0.15) is 0 Å². The minimum Gasteiger partial charge on any atom is -0.396 e. The zero-order valence-corrected chi connectivity index (χ0v) is 16.9. The van der Waals surface area contributed by atoms with E-state index in [0.29, 0.717) is 36.3 Å². The summed E-state index contributed by atoms with van der Waals surface area (Å²) in [4.78, 5) is 25.2. The predicted octanol–water partition coefficient (Wildman–Crippen LogP) is 3.72. The highest BCUT2D eigenvalue weighted by molar-refractivity contribution is 6.11. The second-order valence-corrected chi connectivity index (χ2v) is 7.22. The maximum Gasteiger partial charge on any atom is 0.255 e. The van der Waals surface area contributed by atoms with Crippen LogP contribution in [0.2, 0.25) is 0 Å². The van der Waals surface area contributed by atoms with E-state index in [1.165, 1.54) is 0 Å².